The lowest BCUT2D eigenvalue weighted by Crippen LogP contribution is -2.30. The van der Waals surface area contributed by atoms with Gasteiger partial charge < -0.3 is 9.64 Å². The minimum absolute atomic E-state index is 0.259. The van der Waals surface area contributed by atoms with Crippen molar-refractivity contribution in [1.82, 2.24) is 4.90 Å². The third-order valence-electron chi connectivity index (χ3n) is 3.61. The van der Waals surface area contributed by atoms with E-state index in [-0.39, 0.29) is 6.04 Å². The van der Waals surface area contributed by atoms with Crippen LogP contribution in [0.15, 0.2) is 24.3 Å². The quantitative estimate of drug-likeness (QED) is 0.811. The molecule has 104 valence electrons. The number of hydrogen-bond donors (Lipinski definition) is 0. The van der Waals surface area contributed by atoms with Crippen molar-refractivity contribution in [2.75, 3.05) is 13.2 Å². The van der Waals surface area contributed by atoms with Gasteiger partial charge in [-0.3, -0.25) is 4.79 Å². The summed E-state index contributed by atoms with van der Waals surface area (Å²) in [5, 5.41) is 0. The average Bonchev–Trinajstić information content (AvgIpc) is 2.89. The molecule has 3 heteroatoms. The standard InChI is InChI=1S/C16H23NO2/c1-3-6-16(18)17-12-5-7-15(17)13-8-10-14(11-9-13)19-4-2/h8-11,15H,3-7,12H2,1-2H3. The highest BCUT2D eigenvalue weighted by molar-refractivity contribution is 5.77. The van der Waals surface area contributed by atoms with Gasteiger partial charge >= 0.3 is 0 Å². The molecule has 1 heterocycles. The maximum atomic E-state index is 12.1. The van der Waals surface area contributed by atoms with Crippen LogP contribution in [0.5, 0.6) is 5.75 Å². The van der Waals surface area contributed by atoms with Crippen LogP contribution in [-0.4, -0.2) is 24.0 Å². The number of carbonyl (C=O) groups is 1. The number of amides is 1. The van der Waals surface area contributed by atoms with E-state index in [9.17, 15) is 4.79 Å². The Bertz CT molecular complexity index is 413. The highest BCUT2D eigenvalue weighted by Crippen LogP contribution is 2.33. The van der Waals surface area contributed by atoms with Crippen molar-refractivity contribution >= 4 is 5.91 Å². The molecule has 0 bridgehead atoms. The van der Waals surface area contributed by atoms with Crippen molar-refractivity contribution in [2.45, 2.75) is 45.6 Å². The first-order valence-corrected chi connectivity index (χ1v) is 7.28. The highest BCUT2D eigenvalue weighted by atomic mass is 16.5. The van der Waals surface area contributed by atoms with Crippen molar-refractivity contribution in [1.29, 1.82) is 0 Å². The molecule has 0 saturated carbocycles. The van der Waals surface area contributed by atoms with Crippen LogP contribution in [-0.2, 0) is 4.79 Å². The molecule has 0 N–H and O–H groups in total. The van der Waals surface area contributed by atoms with Crippen LogP contribution in [0.1, 0.15) is 51.1 Å². The van der Waals surface area contributed by atoms with Crippen LogP contribution in [0.4, 0.5) is 0 Å². The van der Waals surface area contributed by atoms with Crippen molar-refractivity contribution in [3.8, 4) is 5.75 Å². The zero-order valence-electron chi connectivity index (χ0n) is 11.9. The largest absolute Gasteiger partial charge is 0.494 e. The lowest BCUT2D eigenvalue weighted by atomic mass is 10.0. The first-order chi connectivity index (χ1) is 9.26. The second-order valence-corrected chi connectivity index (χ2v) is 5.00. The molecule has 1 aliphatic rings. The van der Waals surface area contributed by atoms with Gasteiger partial charge in [0, 0.05) is 13.0 Å². The first kappa shape index (κ1) is 13.9. The first-order valence-electron chi connectivity index (χ1n) is 7.28. The SMILES string of the molecule is CCCC(=O)N1CCCC1c1ccc(OCC)cc1. The second-order valence-electron chi connectivity index (χ2n) is 5.00. The Labute approximate surface area is 115 Å². The Morgan fingerprint density at radius 2 is 2.05 bits per heavy atom. The van der Waals surface area contributed by atoms with Crippen LogP contribution >= 0.6 is 0 Å². The Morgan fingerprint density at radius 1 is 1.32 bits per heavy atom. The van der Waals surface area contributed by atoms with E-state index < -0.39 is 0 Å². The molecule has 1 aromatic carbocycles. The highest BCUT2D eigenvalue weighted by Gasteiger charge is 2.29. The van der Waals surface area contributed by atoms with Crippen molar-refractivity contribution in [3.05, 3.63) is 29.8 Å². The number of carbonyl (C=O) groups excluding carboxylic acids is 1. The molecule has 2 rings (SSSR count). The Kier molecular flexibility index (Phi) is 4.83. The van der Waals surface area contributed by atoms with Crippen LogP contribution in [0.3, 0.4) is 0 Å². The maximum absolute atomic E-state index is 12.1. The summed E-state index contributed by atoms with van der Waals surface area (Å²) in [5.41, 5.74) is 1.23. The molecule has 1 atom stereocenters. The minimum atomic E-state index is 0.259. The lowest BCUT2D eigenvalue weighted by Gasteiger charge is -2.25. The van der Waals surface area contributed by atoms with Crippen molar-refractivity contribution in [2.24, 2.45) is 0 Å². The summed E-state index contributed by atoms with van der Waals surface area (Å²) in [6, 6.07) is 8.44. The third kappa shape index (κ3) is 3.28. The molecule has 19 heavy (non-hydrogen) atoms. The zero-order valence-corrected chi connectivity index (χ0v) is 11.9. The van der Waals surface area contributed by atoms with E-state index in [0.717, 1.165) is 31.6 Å². The fourth-order valence-corrected chi connectivity index (χ4v) is 2.72. The van der Waals surface area contributed by atoms with Gasteiger partial charge in [-0.25, -0.2) is 0 Å². The topological polar surface area (TPSA) is 29.5 Å². The number of likely N-dealkylation sites (tertiary alicyclic amines) is 1. The van der Waals surface area contributed by atoms with Crippen molar-refractivity contribution < 1.29 is 9.53 Å². The predicted octanol–water partition coefficient (Wildman–Crippen LogP) is 3.55. The maximum Gasteiger partial charge on any atom is 0.223 e. The third-order valence-corrected chi connectivity index (χ3v) is 3.61. The molecular weight excluding hydrogens is 238 g/mol. The lowest BCUT2D eigenvalue weighted by molar-refractivity contribution is -0.132. The Balaban J connectivity index is 2.09. The molecule has 1 fully saturated rings. The smallest absolute Gasteiger partial charge is 0.223 e. The zero-order chi connectivity index (χ0) is 13.7. The summed E-state index contributed by atoms with van der Waals surface area (Å²) in [4.78, 5) is 14.1. The summed E-state index contributed by atoms with van der Waals surface area (Å²) in [5.74, 6) is 1.19. The van der Waals surface area contributed by atoms with E-state index in [0.29, 0.717) is 18.9 Å². The normalized spacial score (nSPS) is 18.6. The van der Waals surface area contributed by atoms with Gasteiger partial charge in [0.1, 0.15) is 5.75 Å². The van der Waals surface area contributed by atoms with E-state index in [1.807, 2.05) is 24.0 Å². The number of benzene rings is 1. The fourth-order valence-electron chi connectivity index (χ4n) is 2.72. The monoisotopic (exact) mass is 261 g/mol. The van der Waals surface area contributed by atoms with E-state index in [4.69, 9.17) is 4.74 Å². The second kappa shape index (κ2) is 6.60. The van der Waals surface area contributed by atoms with Gasteiger partial charge in [0.05, 0.1) is 12.6 Å². The van der Waals surface area contributed by atoms with E-state index >= 15 is 0 Å². The van der Waals surface area contributed by atoms with Gasteiger partial charge in [-0.2, -0.15) is 0 Å². The summed E-state index contributed by atoms with van der Waals surface area (Å²) < 4.78 is 5.46. The molecule has 1 aromatic rings. The fraction of sp³-hybridized carbons (Fsp3) is 0.562. The number of hydrogen-bond acceptors (Lipinski definition) is 2. The summed E-state index contributed by atoms with van der Waals surface area (Å²) in [6.07, 6.45) is 3.76. The van der Waals surface area contributed by atoms with E-state index in [1.165, 1.54) is 5.56 Å². The molecule has 0 aromatic heterocycles. The van der Waals surface area contributed by atoms with Gasteiger partial charge in [0.2, 0.25) is 5.91 Å². The minimum Gasteiger partial charge on any atom is -0.494 e. The predicted molar refractivity (Wildman–Crippen MR) is 76.2 cm³/mol. The number of nitrogens with zero attached hydrogens (tertiary/aromatic N) is 1. The average molecular weight is 261 g/mol. The molecule has 1 unspecified atom stereocenters. The van der Waals surface area contributed by atoms with Gasteiger partial charge in [-0.05, 0) is 43.9 Å². The molecular formula is C16H23NO2. The summed E-state index contributed by atoms with van der Waals surface area (Å²) in [6.45, 7) is 5.62. The summed E-state index contributed by atoms with van der Waals surface area (Å²) in [7, 11) is 0. The van der Waals surface area contributed by atoms with E-state index in [1.54, 1.807) is 0 Å². The van der Waals surface area contributed by atoms with Crippen molar-refractivity contribution in [3.63, 3.8) is 0 Å². The molecule has 1 saturated heterocycles. The van der Waals surface area contributed by atoms with E-state index in [2.05, 4.69) is 19.1 Å². The molecule has 0 aliphatic carbocycles. The molecule has 1 amide bonds. The van der Waals surface area contributed by atoms with Gasteiger partial charge in [-0.1, -0.05) is 19.1 Å². The van der Waals surface area contributed by atoms with Gasteiger partial charge in [0.15, 0.2) is 0 Å². The molecule has 0 spiro atoms. The Morgan fingerprint density at radius 3 is 2.68 bits per heavy atom. The van der Waals surface area contributed by atoms with Gasteiger partial charge in [0.25, 0.3) is 0 Å². The number of ether oxygens (including phenoxy) is 1. The van der Waals surface area contributed by atoms with Crippen LogP contribution in [0.2, 0.25) is 0 Å². The molecule has 3 nitrogen and oxygen atoms in total. The molecule has 1 aliphatic heterocycles. The van der Waals surface area contributed by atoms with Crippen LogP contribution in [0.25, 0.3) is 0 Å². The van der Waals surface area contributed by atoms with Gasteiger partial charge in [-0.15, -0.1) is 0 Å². The van der Waals surface area contributed by atoms with Crippen LogP contribution < -0.4 is 4.74 Å². The molecule has 0 radical (unpaired) electrons. The summed E-state index contributed by atoms with van der Waals surface area (Å²) >= 11 is 0. The Hall–Kier alpha value is -1.51. The number of rotatable bonds is 5. The van der Waals surface area contributed by atoms with Crippen LogP contribution in [0, 0.1) is 0 Å².